The van der Waals surface area contributed by atoms with Gasteiger partial charge in [-0.05, 0) is 35.7 Å². The number of fused-ring (bicyclic) bond motifs is 1. The summed E-state index contributed by atoms with van der Waals surface area (Å²) in [5, 5.41) is 2.86. The van der Waals surface area contributed by atoms with Gasteiger partial charge in [-0.15, -0.1) is 0 Å². The number of carbonyl (C=O) groups is 2. The average molecular weight is 326 g/mol. The van der Waals surface area contributed by atoms with Crippen molar-refractivity contribution in [2.45, 2.75) is 25.9 Å². The van der Waals surface area contributed by atoms with Gasteiger partial charge < -0.3 is 10.2 Å². The first-order valence-corrected chi connectivity index (χ1v) is 7.99. The van der Waals surface area contributed by atoms with E-state index in [2.05, 4.69) is 5.32 Å². The second-order valence-electron chi connectivity index (χ2n) is 5.80. The van der Waals surface area contributed by atoms with Crippen molar-refractivity contribution in [3.05, 3.63) is 71.0 Å². The number of amides is 2. The predicted octanol–water partition coefficient (Wildman–Crippen LogP) is 2.59. The van der Waals surface area contributed by atoms with E-state index >= 15 is 0 Å². The maximum Gasteiger partial charge on any atom is 0.247 e. The number of rotatable bonds is 4. The van der Waals surface area contributed by atoms with E-state index < -0.39 is 6.04 Å². The Morgan fingerprint density at radius 3 is 2.62 bits per heavy atom. The number of halogens is 1. The summed E-state index contributed by atoms with van der Waals surface area (Å²) in [5.41, 5.74) is 2.58. The van der Waals surface area contributed by atoms with Gasteiger partial charge in [-0.1, -0.05) is 36.4 Å². The van der Waals surface area contributed by atoms with Crippen molar-refractivity contribution in [2.24, 2.45) is 0 Å². The Hall–Kier alpha value is -2.69. The molecule has 0 aliphatic carbocycles. The minimum atomic E-state index is -0.618. The monoisotopic (exact) mass is 326 g/mol. The molecule has 0 saturated carbocycles. The van der Waals surface area contributed by atoms with Crippen LogP contribution in [0.15, 0.2) is 48.5 Å². The summed E-state index contributed by atoms with van der Waals surface area (Å²) in [5.74, 6) is -0.575. The van der Waals surface area contributed by atoms with Gasteiger partial charge in [-0.3, -0.25) is 9.59 Å². The molecule has 5 heteroatoms. The molecule has 1 aliphatic rings. The van der Waals surface area contributed by atoms with Crippen LogP contribution in [0.2, 0.25) is 0 Å². The molecule has 0 fully saturated rings. The summed E-state index contributed by atoms with van der Waals surface area (Å²) in [7, 11) is 0. The third kappa shape index (κ3) is 3.15. The Kier molecular flexibility index (Phi) is 4.60. The molecule has 0 unspecified atom stereocenters. The van der Waals surface area contributed by atoms with Crippen LogP contribution < -0.4 is 5.32 Å². The molecule has 2 aromatic carbocycles. The number of nitrogens with one attached hydrogen (secondary N) is 1. The molecule has 1 aliphatic heterocycles. The van der Waals surface area contributed by atoms with Gasteiger partial charge in [0.25, 0.3) is 0 Å². The molecule has 1 atom stereocenters. The topological polar surface area (TPSA) is 49.4 Å². The normalized spacial score (nSPS) is 16.7. The third-order valence-electron chi connectivity index (χ3n) is 4.29. The molecule has 3 rings (SSSR count). The molecule has 0 spiro atoms. The van der Waals surface area contributed by atoms with Crippen molar-refractivity contribution < 1.29 is 14.0 Å². The van der Waals surface area contributed by atoms with E-state index in [1.54, 1.807) is 17.0 Å². The van der Waals surface area contributed by atoms with Crippen LogP contribution in [0.5, 0.6) is 0 Å². The zero-order chi connectivity index (χ0) is 17.1. The van der Waals surface area contributed by atoms with Gasteiger partial charge in [0.15, 0.2) is 0 Å². The molecule has 24 heavy (non-hydrogen) atoms. The summed E-state index contributed by atoms with van der Waals surface area (Å²) < 4.78 is 13.0. The number of benzene rings is 2. The second kappa shape index (κ2) is 6.83. The van der Waals surface area contributed by atoms with Gasteiger partial charge in [0.05, 0.1) is 6.42 Å². The number of likely N-dealkylation sites (N-methyl/N-ethyl adjacent to an activating group) is 1. The zero-order valence-electron chi connectivity index (χ0n) is 13.5. The van der Waals surface area contributed by atoms with Gasteiger partial charge in [-0.2, -0.15) is 0 Å². The maximum absolute atomic E-state index is 13.0. The highest BCUT2D eigenvalue weighted by molar-refractivity contribution is 5.92. The summed E-state index contributed by atoms with van der Waals surface area (Å²) in [6.07, 6.45) is 0.325. The minimum absolute atomic E-state index is 0.0434. The molecule has 1 N–H and O–H groups in total. The van der Waals surface area contributed by atoms with E-state index in [1.807, 2.05) is 31.2 Å². The SMILES string of the molecule is CCN1C(=O)Cc2ccccc2[C@H]1C(=O)NCc1ccc(F)cc1. The quantitative estimate of drug-likeness (QED) is 0.939. The van der Waals surface area contributed by atoms with Crippen LogP contribution in [0.25, 0.3) is 0 Å². The minimum Gasteiger partial charge on any atom is -0.350 e. The van der Waals surface area contributed by atoms with Crippen LogP contribution in [0, 0.1) is 5.82 Å². The molecule has 2 aromatic rings. The van der Waals surface area contributed by atoms with Gasteiger partial charge >= 0.3 is 0 Å². The lowest BCUT2D eigenvalue weighted by molar-refractivity contribution is -0.141. The fraction of sp³-hybridized carbons (Fsp3) is 0.263. The Bertz CT molecular complexity index is 758. The van der Waals surface area contributed by atoms with Crippen LogP contribution in [-0.2, 0) is 22.6 Å². The van der Waals surface area contributed by atoms with Crippen molar-refractivity contribution in [3.8, 4) is 0 Å². The van der Waals surface area contributed by atoms with E-state index in [4.69, 9.17) is 0 Å². The van der Waals surface area contributed by atoms with Crippen LogP contribution >= 0.6 is 0 Å². The lowest BCUT2D eigenvalue weighted by atomic mass is 9.91. The van der Waals surface area contributed by atoms with Crippen molar-refractivity contribution in [1.29, 1.82) is 0 Å². The Morgan fingerprint density at radius 2 is 1.92 bits per heavy atom. The summed E-state index contributed by atoms with van der Waals surface area (Å²) in [6.45, 7) is 2.64. The zero-order valence-corrected chi connectivity index (χ0v) is 13.5. The fourth-order valence-electron chi connectivity index (χ4n) is 3.07. The van der Waals surface area contributed by atoms with E-state index in [0.717, 1.165) is 16.7 Å². The lowest BCUT2D eigenvalue weighted by Crippen LogP contribution is -2.47. The Balaban J connectivity index is 1.81. The standard InChI is InChI=1S/C19H19FN2O2/c1-2-22-17(23)11-14-5-3-4-6-16(14)18(22)19(24)21-12-13-7-9-15(20)10-8-13/h3-10,18H,2,11-12H2,1H3,(H,21,24)/t18-/m0/s1. The summed E-state index contributed by atoms with van der Waals surface area (Å²) >= 11 is 0. The third-order valence-corrected chi connectivity index (χ3v) is 4.29. The summed E-state index contributed by atoms with van der Waals surface area (Å²) in [6, 6.07) is 12.9. The van der Waals surface area contributed by atoms with Gasteiger partial charge in [0.2, 0.25) is 11.8 Å². The molecule has 2 amide bonds. The molecular weight excluding hydrogens is 307 g/mol. The number of nitrogens with zero attached hydrogens (tertiary/aromatic N) is 1. The number of carbonyl (C=O) groups excluding carboxylic acids is 2. The van der Waals surface area contributed by atoms with Crippen LogP contribution in [0.3, 0.4) is 0 Å². The smallest absolute Gasteiger partial charge is 0.247 e. The molecule has 0 aromatic heterocycles. The van der Waals surface area contributed by atoms with E-state index in [1.165, 1.54) is 12.1 Å². The van der Waals surface area contributed by atoms with Crippen LogP contribution in [-0.4, -0.2) is 23.3 Å². The fourth-order valence-corrected chi connectivity index (χ4v) is 3.07. The Labute approximate surface area is 140 Å². The predicted molar refractivity (Wildman–Crippen MR) is 88.5 cm³/mol. The highest BCUT2D eigenvalue weighted by atomic mass is 19.1. The van der Waals surface area contributed by atoms with Gasteiger partial charge in [0.1, 0.15) is 11.9 Å². The molecule has 1 heterocycles. The Morgan fingerprint density at radius 1 is 1.21 bits per heavy atom. The molecule has 0 saturated heterocycles. The average Bonchev–Trinajstić information content (AvgIpc) is 2.59. The molecule has 124 valence electrons. The first kappa shape index (κ1) is 16.2. The van der Waals surface area contributed by atoms with Crippen molar-refractivity contribution in [2.75, 3.05) is 6.54 Å². The first-order valence-electron chi connectivity index (χ1n) is 7.99. The van der Waals surface area contributed by atoms with E-state index in [0.29, 0.717) is 19.5 Å². The maximum atomic E-state index is 13.0. The van der Waals surface area contributed by atoms with Crippen LogP contribution in [0.4, 0.5) is 4.39 Å². The lowest BCUT2D eigenvalue weighted by Gasteiger charge is -2.35. The molecule has 0 radical (unpaired) electrons. The van der Waals surface area contributed by atoms with Gasteiger partial charge in [0, 0.05) is 13.1 Å². The first-order chi connectivity index (χ1) is 11.6. The second-order valence-corrected chi connectivity index (χ2v) is 5.80. The van der Waals surface area contributed by atoms with Gasteiger partial charge in [-0.25, -0.2) is 4.39 Å². The van der Waals surface area contributed by atoms with Crippen molar-refractivity contribution >= 4 is 11.8 Å². The highest BCUT2D eigenvalue weighted by Crippen LogP contribution is 2.30. The molecule has 4 nitrogen and oxygen atoms in total. The number of hydrogen-bond acceptors (Lipinski definition) is 2. The highest BCUT2D eigenvalue weighted by Gasteiger charge is 2.35. The molecular formula is C19H19FN2O2. The van der Waals surface area contributed by atoms with Crippen molar-refractivity contribution in [3.63, 3.8) is 0 Å². The van der Waals surface area contributed by atoms with Crippen molar-refractivity contribution in [1.82, 2.24) is 10.2 Å². The largest absolute Gasteiger partial charge is 0.350 e. The van der Waals surface area contributed by atoms with E-state index in [-0.39, 0.29) is 17.6 Å². The molecule has 0 bridgehead atoms. The van der Waals surface area contributed by atoms with E-state index in [9.17, 15) is 14.0 Å². The summed E-state index contributed by atoms with van der Waals surface area (Å²) in [4.78, 5) is 26.7. The number of hydrogen-bond donors (Lipinski definition) is 1. The van der Waals surface area contributed by atoms with Crippen LogP contribution in [0.1, 0.15) is 29.7 Å².